The fourth-order valence-corrected chi connectivity index (χ4v) is 5.07. The Balaban J connectivity index is 1.64. The summed E-state index contributed by atoms with van der Waals surface area (Å²) in [6, 6.07) is 13.2. The predicted molar refractivity (Wildman–Crippen MR) is 101 cm³/mol. The summed E-state index contributed by atoms with van der Waals surface area (Å²) in [5.74, 6) is 0. The highest BCUT2D eigenvalue weighted by molar-refractivity contribution is 7.92. The van der Waals surface area contributed by atoms with Crippen LogP contribution in [0.15, 0.2) is 47.4 Å². The second kappa shape index (κ2) is 6.35. The van der Waals surface area contributed by atoms with Crippen LogP contribution in [-0.2, 0) is 16.4 Å². The molecule has 25 heavy (non-hydrogen) atoms. The minimum atomic E-state index is -3.50. The molecular formula is C19H23N3O2S. The predicted octanol–water partition coefficient (Wildman–Crippen LogP) is 2.16. The van der Waals surface area contributed by atoms with E-state index in [1.165, 1.54) is 5.69 Å². The zero-order chi connectivity index (χ0) is 17.4. The quantitative estimate of drug-likeness (QED) is 0.915. The maximum Gasteiger partial charge on any atom is 0.264 e. The van der Waals surface area contributed by atoms with E-state index in [0.29, 0.717) is 11.4 Å². The van der Waals surface area contributed by atoms with Crippen LogP contribution in [0.1, 0.15) is 11.1 Å². The first-order valence-corrected chi connectivity index (χ1v) is 10.2. The number of anilines is 2. The molecule has 1 N–H and O–H groups in total. The van der Waals surface area contributed by atoms with Gasteiger partial charge < -0.3 is 10.2 Å². The Hall–Kier alpha value is -2.05. The molecule has 0 aliphatic carbocycles. The fourth-order valence-electron chi connectivity index (χ4n) is 3.56. The first-order chi connectivity index (χ1) is 12.1. The number of sulfonamides is 1. The van der Waals surface area contributed by atoms with Crippen molar-refractivity contribution in [3.63, 3.8) is 0 Å². The van der Waals surface area contributed by atoms with Crippen molar-refractivity contribution < 1.29 is 8.42 Å². The molecule has 6 heteroatoms. The van der Waals surface area contributed by atoms with Crippen molar-refractivity contribution in [2.24, 2.45) is 0 Å². The number of hydrogen-bond acceptors (Lipinski definition) is 4. The molecular weight excluding hydrogens is 334 g/mol. The van der Waals surface area contributed by atoms with E-state index in [1.54, 1.807) is 16.4 Å². The van der Waals surface area contributed by atoms with Gasteiger partial charge in [-0.3, -0.25) is 4.31 Å². The second-order valence-electron chi connectivity index (χ2n) is 6.69. The third-order valence-electron chi connectivity index (χ3n) is 5.01. The van der Waals surface area contributed by atoms with Gasteiger partial charge in [0.05, 0.1) is 10.6 Å². The van der Waals surface area contributed by atoms with Gasteiger partial charge in [-0.15, -0.1) is 0 Å². The Labute approximate surface area is 149 Å². The molecule has 0 spiro atoms. The van der Waals surface area contributed by atoms with E-state index in [1.807, 2.05) is 31.2 Å². The third-order valence-corrected chi connectivity index (χ3v) is 6.83. The largest absolute Gasteiger partial charge is 0.369 e. The van der Waals surface area contributed by atoms with Crippen LogP contribution in [0.2, 0.25) is 0 Å². The average molecular weight is 357 g/mol. The molecule has 4 rings (SSSR count). The van der Waals surface area contributed by atoms with Crippen molar-refractivity contribution in [1.29, 1.82) is 0 Å². The van der Waals surface area contributed by atoms with Gasteiger partial charge in [-0.25, -0.2) is 8.42 Å². The Kier molecular flexibility index (Phi) is 4.17. The van der Waals surface area contributed by atoms with E-state index in [9.17, 15) is 8.42 Å². The lowest BCUT2D eigenvalue weighted by Crippen LogP contribution is -2.43. The summed E-state index contributed by atoms with van der Waals surface area (Å²) in [5.41, 5.74) is 4.18. The van der Waals surface area contributed by atoms with Crippen molar-refractivity contribution in [2.45, 2.75) is 18.2 Å². The van der Waals surface area contributed by atoms with Crippen LogP contribution in [0.4, 0.5) is 11.4 Å². The van der Waals surface area contributed by atoms with Crippen molar-refractivity contribution in [1.82, 2.24) is 5.32 Å². The molecule has 132 valence electrons. The van der Waals surface area contributed by atoms with Crippen LogP contribution in [-0.4, -0.2) is 41.1 Å². The van der Waals surface area contributed by atoms with Crippen LogP contribution in [0.5, 0.6) is 0 Å². The lowest BCUT2D eigenvalue weighted by molar-refractivity contribution is 0.589. The van der Waals surface area contributed by atoms with Gasteiger partial charge in [-0.05, 0) is 49.2 Å². The number of benzene rings is 2. The summed E-state index contributed by atoms with van der Waals surface area (Å²) < 4.78 is 27.6. The van der Waals surface area contributed by atoms with Gasteiger partial charge in [-0.2, -0.15) is 0 Å². The van der Waals surface area contributed by atoms with Crippen LogP contribution in [0, 0.1) is 6.92 Å². The Morgan fingerprint density at radius 3 is 2.40 bits per heavy atom. The van der Waals surface area contributed by atoms with Crippen molar-refractivity contribution in [2.75, 3.05) is 41.9 Å². The minimum Gasteiger partial charge on any atom is -0.369 e. The SMILES string of the molecule is Cc1ccc(S(=O)(=O)N2CCc3cc(N4CCNCC4)ccc32)cc1. The van der Waals surface area contributed by atoms with E-state index in [2.05, 4.69) is 16.3 Å². The van der Waals surface area contributed by atoms with E-state index in [4.69, 9.17) is 0 Å². The summed E-state index contributed by atoms with van der Waals surface area (Å²) >= 11 is 0. The summed E-state index contributed by atoms with van der Waals surface area (Å²) in [6.45, 7) is 6.43. The minimum absolute atomic E-state index is 0.358. The fraction of sp³-hybridized carbons (Fsp3) is 0.368. The summed E-state index contributed by atoms with van der Waals surface area (Å²) in [5, 5.41) is 3.36. The molecule has 0 bridgehead atoms. The second-order valence-corrected chi connectivity index (χ2v) is 8.55. The lowest BCUT2D eigenvalue weighted by Gasteiger charge is -2.30. The van der Waals surface area contributed by atoms with E-state index >= 15 is 0 Å². The van der Waals surface area contributed by atoms with Gasteiger partial charge in [0.2, 0.25) is 0 Å². The van der Waals surface area contributed by atoms with Gasteiger partial charge in [0.1, 0.15) is 0 Å². The van der Waals surface area contributed by atoms with Crippen LogP contribution < -0.4 is 14.5 Å². The molecule has 0 amide bonds. The number of nitrogens with zero attached hydrogens (tertiary/aromatic N) is 2. The molecule has 5 nitrogen and oxygen atoms in total. The number of hydrogen-bond donors (Lipinski definition) is 1. The van der Waals surface area contributed by atoms with Crippen molar-refractivity contribution in [3.8, 4) is 0 Å². The highest BCUT2D eigenvalue weighted by atomic mass is 32.2. The topological polar surface area (TPSA) is 52.7 Å². The van der Waals surface area contributed by atoms with Crippen LogP contribution >= 0.6 is 0 Å². The maximum absolute atomic E-state index is 13.0. The molecule has 1 saturated heterocycles. The summed E-state index contributed by atoms with van der Waals surface area (Å²) in [6.07, 6.45) is 0.764. The number of rotatable bonds is 3. The molecule has 0 saturated carbocycles. The third kappa shape index (κ3) is 3.00. The average Bonchev–Trinajstić information content (AvgIpc) is 3.07. The van der Waals surface area contributed by atoms with Gasteiger partial charge in [0, 0.05) is 38.4 Å². The monoisotopic (exact) mass is 357 g/mol. The molecule has 0 atom stereocenters. The number of aryl methyl sites for hydroxylation is 1. The zero-order valence-corrected chi connectivity index (χ0v) is 15.2. The Morgan fingerprint density at radius 1 is 0.960 bits per heavy atom. The van der Waals surface area contributed by atoms with Gasteiger partial charge in [-0.1, -0.05) is 17.7 Å². The summed E-state index contributed by atoms with van der Waals surface area (Å²) in [7, 11) is -3.50. The smallest absolute Gasteiger partial charge is 0.264 e. The highest BCUT2D eigenvalue weighted by Crippen LogP contribution is 2.35. The molecule has 0 radical (unpaired) electrons. The summed E-state index contributed by atoms with van der Waals surface area (Å²) in [4.78, 5) is 2.71. The molecule has 1 fully saturated rings. The lowest BCUT2D eigenvalue weighted by atomic mass is 10.1. The van der Waals surface area contributed by atoms with Gasteiger partial charge >= 0.3 is 0 Å². The molecule has 2 heterocycles. The molecule has 0 unspecified atom stereocenters. The van der Waals surface area contributed by atoms with Gasteiger partial charge in [0.15, 0.2) is 0 Å². The zero-order valence-electron chi connectivity index (χ0n) is 14.4. The Bertz CT molecular complexity index is 872. The first kappa shape index (κ1) is 16.4. The molecule has 2 aliphatic rings. The molecule has 2 aromatic rings. The number of fused-ring (bicyclic) bond motifs is 1. The molecule has 2 aliphatic heterocycles. The van der Waals surface area contributed by atoms with Crippen molar-refractivity contribution in [3.05, 3.63) is 53.6 Å². The number of piperazine rings is 1. The Morgan fingerprint density at radius 2 is 1.68 bits per heavy atom. The van der Waals surface area contributed by atoms with Crippen LogP contribution in [0.25, 0.3) is 0 Å². The first-order valence-electron chi connectivity index (χ1n) is 8.74. The molecule has 2 aromatic carbocycles. The number of nitrogens with one attached hydrogen (secondary N) is 1. The van der Waals surface area contributed by atoms with Gasteiger partial charge in [0.25, 0.3) is 10.0 Å². The van der Waals surface area contributed by atoms with E-state index in [-0.39, 0.29) is 0 Å². The standard InChI is InChI=1S/C19H23N3O2S/c1-15-2-5-18(6-3-15)25(23,24)22-11-8-16-14-17(4-7-19(16)22)21-12-9-20-10-13-21/h2-7,14,20H,8-13H2,1H3. The highest BCUT2D eigenvalue weighted by Gasteiger charge is 2.31. The van der Waals surface area contributed by atoms with Crippen molar-refractivity contribution >= 4 is 21.4 Å². The normalized spacial score (nSPS) is 17.6. The van der Waals surface area contributed by atoms with E-state index < -0.39 is 10.0 Å². The molecule has 0 aromatic heterocycles. The van der Waals surface area contributed by atoms with Crippen LogP contribution in [0.3, 0.4) is 0 Å². The van der Waals surface area contributed by atoms with E-state index in [0.717, 1.165) is 49.4 Å². The maximum atomic E-state index is 13.0.